The van der Waals surface area contributed by atoms with Crippen LogP contribution >= 0.6 is 15.9 Å². The first-order chi connectivity index (χ1) is 7.70. The Morgan fingerprint density at radius 3 is 3.00 bits per heavy atom. The highest BCUT2D eigenvalue weighted by Crippen LogP contribution is 2.21. The smallest absolute Gasteiger partial charge is 0.119 e. The van der Waals surface area contributed by atoms with E-state index in [2.05, 4.69) is 50.1 Å². The monoisotopic (exact) mass is 279 g/mol. The highest BCUT2D eigenvalue weighted by Gasteiger charge is 2.12. The number of hydrogen-bond donors (Lipinski definition) is 1. The van der Waals surface area contributed by atoms with E-state index >= 15 is 0 Å². The molecule has 16 heavy (non-hydrogen) atoms. The van der Waals surface area contributed by atoms with Gasteiger partial charge in [-0.2, -0.15) is 0 Å². The van der Waals surface area contributed by atoms with E-state index in [1.165, 1.54) is 11.1 Å². The molecule has 3 nitrogen and oxygen atoms in total. The maximum Gasteiger partial charge on any atom is 0.119 e. The zero-order chi connectivity index (χ0) is 11.5. The third-order valence-electron chi connectivity index (χ3n) is 2.54. The lowest BCUT2D eigenvalue weighted by Crippen LogP contribution is -2.32. The topological polar surface area (TPSA) is 41.6 Å². The molecule has 1 aromatic carbocycles. The molecule has 0 saturated carbocycles. The number of aliphatic imine (C=N–C) groups is 1. The molecule has 1 aliphatic heterocycles. The third kappa shape index (κ3) is 2.27. The molecule has 0 bridgehead atoms. The average Bonchev–Trinajstić information content (AvgIpc) is 2.29. The van der Waals surface area contributed by atoms with Crippen LogP contribution in [0.15, 0.2) is 35.5 Å². The molecule has 0 saturated heterocycles. The molecule has 0 aromatic heterocycles. The van der Waals surface area contributed by atoms with Crippen molar-refractivity contribution in [3.05, 3.63) is 41.6 Å². The van der Waals surface area contributed by atoms with Gasteiger partial charge in [-0.15, -0.1) is 0 Å². The van der Waals surface area contributed by atoms with E-state index in [1.807, 2.05) is 13.2 Å². The summed E-state index contributed by atoms with van der Waals surface area (Å²) in [5, 5.41) is 0.864. The van der Waals surface area contributed by atoms with Gasteiger partial charge in [0, 0.05) is 12.4 Å². The standard InChI is InChI=1S/C12H14BrN3/c1-16-8-12(14)15-7-11(16)10-4-2-3-9(5-10)6-13/h2-5,7H,6,8H2,1H3,(H2,14,15). The molecule has 1 aromatic rings. The lowest BCUT2D eigenvalue weighted by atomic mass is 10.1. The Labute approximate surface area is 104 Å². The third-order valence-corrected chi connectivity index (χ3v) is 3.19. The lowest BCUT2D eigenvalue weighted by molar-refractivity contribution is 0.542. The number of hydrogen-bond acceptors (Lipinski definition) is 3. The fourth-order valence-corrected chi connectivity index (χ4v) is 2.07. The molecular weight excluding hydrogens is 266 g/mol. The van der Waals surface area contributed by atoms with Crippen molar-refractivity contribution < 1.29 is 0 Å². The second kappa shape index (κ2) is 4.70. The van der Waals surface area contributed by atoms with Gasteiger partial charge in [0.25, 0.3) is 0 Å². The van der Waals surface area contributed by atoms with E-state index in [-0.39, 0.29) is 0 Å². The molecular formula is C12H14BrN3. The number of rotatable bonds is 2. The molecule has 0 aliphatic carbocycles. The number of benzene rings is 1. The molecule has 1 heterocycles. The molecule has 84 valence electrons. The summed E-state index contributed by atoms with van der Waals surface area (Å²) in [7, 11) is 2.02. The Bertz CT molecular complexity index is 451. The fraction of sp³-hybridized carbons (Fsp3) is 0.250. The van der Waals surface area contributed by atoms with Gasteiger partial charge >= 0.3 is 0 Å². The number of nitrogens with two attached hydrogens (primary N) is 1. The lowest BCUT2D eigenvalue weighted by Gasteiger charge is -2.25. The minimum Gasteiger partial charge on any atom is -0.386 e. The van der Waals surface area contributed by atoms with Crippen molar-refractivity contribution in [2.45, 2.75) is 5.33 Å². The molecule has 2 rings (SSSR count). The Balaban J connectivity index is 2.36. The number of halogens is 1. The molecule has 4 heteroatoms. The second-order valence-electron chi connectivity index (χ2n) is 3.82. The highest BCUT2D eigenvalue weighted by atomic mass is 79.9. The van der Waals surface area contributed by atoms with Crippen molar-refractivity contribution in [2.24, 2.45) is 10.7 Å². The molecule has 0 radical (unpaired) electrons. The second-order valence-corrected chi connectivity index (χ2v) is 4.39. The molecule has 0 unspecified atom stereocenters. The predicted molar refractivity (Wildman–Crippen MR) is 71.3 cm³/mol. The number of amidine groups is 1. The van der Waals surface area contributed by atoms with Gasteiger partial charge in [0.15, 0.2) is 0 Å². The van der Waals surface area contributed by atoms with Crippen molar-refractivity contribution >= 4 is 27.5 Å². The molecule has 0 atom stereocenters. The van der Waals surface area contributed by atoms with Crippen molar-refractivity contribution in [3.63, 3.8) is 0 Å². The van der Waals surface area contributed by atoms with Crippen LogP contribution in [-0.2, 0) is 5.33 Å². The van der Waals surface area contributed by atoms with Gasteiger partial charge in [-0.25, -0.2) is 4.99 Å². The first-order valence-corrected chi connectivity index (χ1v) is 6.21. The Morgan fingerprint density at radius 2 is 2.31 bits per heavy atom. The van der Waals surface area contributed by atoms with Crippen molar-refractivity contribution in [2.75, 3.05) is 13.6 Å². The highest BCUT2D eigenvalue weighted by molar-refractivity contribution is 9.08. The van der Waals surface area contributed by atoms with Crippen LogP contribution in [0, 0.1) is 0 Å². The zero-order valence-electron chi connectivity index (χ0n) is 9.15. The van der Waals surface area contributed by atoms with Gasteiger partial charge < -0.3 is 10.6 Å². The van der Waals surface area contributed by atoms with Crippen LogP contribution < -0.4 is 5.73 Å². The summed E-state index contributed by atoms with van der Waals surface area (Å²) in [5.41, 5.74) is 9.22. The molecule has 2 N–H and O–H groups in total. The van der Waals surface area contributed by atoms with Crippen LogP contribution in [-0.4, -0.2) is 24.3 Å². The van der Waals surface area contributed by atoms with Gasteiger partial charge in [-0.3, -0.25) is 0 Å². The molecule has 0 spiro atoms. The Hall–Kier alpha value is -1.29. The van der Waals surface area contributed by atoms with E-state index in [0.29, 0.717) is 12.4 Å². The maximum atomic E-state index is 5.68. The maximum absolute atomic E-state index is 5.68. The van der Waals surface area contributed by atoms with E-state index in [9.17, 15) is 0 Å². The van der Waals surface area contributed by atoms with E-state index < -0.39 is 0 Å². The Morgan fingerprint density at radius 1 is 1.50 bits per heavy atom. The zero-order valence-corrected chi connectivity index (χ0v) is 10.7. The summed E-state index contributed by atoms with van der Waals surface area (Å²) in [5.74, 6) is 0.655. The molecule has 1 aliphatic rings. The van der Waals surface area contributed by atoms with Crippen molar-refractivity contribution in [1.82, 2.24) is 4.90 Å². The first-order valence-electron chi connectivity index (χ1n) is 5.09. The van der Waals surface area contributed by atoms with Crippen LogP contribution in [0.2, 0.25) is 0 Å². The summed E-state index contributed by atoms with van der Waals surface area (Å²) < 4.78 is 0. The van der Waals surface area contributed by atoms with E-state index in [4.69, 9.17) is 5.73 Å². The van der Waals surface area contributed by atoms with Gasteiger partial charge in [0.05, 0.1) is 18.4 Å². The summed E-state index contributed by atoms with van der Waals surface area (Å²) in [6, 6.07) is 8.40. The minimum atomic E-state index is 0.655. The number of alkyl halides is 1. The van der Waals surface area contributed by atoms with Crippen LogP contribution in [0.1, 0.15) is 11.1 Å². The minimum absolute atomic E-state index is 0.655. The summed E-state index contributed by atoms with van der Waals surface area (Å²) in [6.07, 6.45) is 1.83. The van der Waals surface area contributed by atoms with Gasteiger partial charge in [-0.1, -0.05) is 34.1 Å². The summed E-state index contributed by atoms with van der Waals surface area (Å²) in [6.45, 7) is 0.685. The van der Waals surface area contributed by atoms with Crippen LogP contribution in [0.25, 0.3) is 5.70 Å². The van der Waals surface area contributed by atoms with Crippen LogP contribution in [0.3, 0.4) is 0 Å². The SMILES string of the molecule is CN1CC(N)=NC=C1c1cccc(CBr)c1. The quantitative estimate of drug-likeness (QED) is 0.844. The normalized spacial score (nSPS) is 15.8. The van der Waals surface area contributed by atoms with E-state index in [1.54, 1.807) is 0 Å². The summed E-state index contributed by atoms with van der Waals surface area (Å²) in [4.78, 5) is 6.28. The largest absolute Gasteiger partial charge is 0.386 e. The number of likely N-dealkylation sites (N-methyl/N-ethyl adjacent to an activating group) is 1. The van der Waals surface area contributed by atoms with E-state index in [0.717, 1.165) is 11.0 Å². The average molecular weight is 280 g/mol. The first kappa shape index (κ1) is 11.2. The Kier molecular flexibility index (Phi) is 3.29. The fourth-order valence-electron chi connectivity index (χ4n) is 1.72. The van der Waals surface area contributed by atoms with Crippen molar-refractivity contribution in [3.8, 4) is 0 Å². The summed E-state index contributed by atoms with van der Waals surface area (Å²) >= 11 is 3.46. The van der Waals surface area contributed by atoms with Gasteiger partial charge in [-0.05, 0) is 17.2 Å². The molecule has 0 amide bonds. The number of nitrogens with zero attached hydrogens (tertiary/aromatic N) is 2. The van der Waals surface area contributed by atoms with Crippen molar-refractivity contribution in [1.29, 1.82) is 0 Å². The van der Waals surface area contributed by atoms with Crippen LogP contribution in [0.4, 0.5) is 0 Å². The predicted octanol–water partition coefficient (Wildman–Crippen LogP) is 2.18. The molecule has 0 fully saturated rings. The van der Waals surface area contributed by atoms with Gasteiger partial charge in [0.2, 0.25) is 0 Å². The van der Waals surface area contributed by atoms with Gasteiger partial charge in [0.1, 0.15) is 5.84 Å². The van der Waals surface area contributed by atoms with Crippen LogP contribution in [0.5, 0.6) is 0 Å².